The fraction of sp³-hybridized carbons (Fsp3) is 0.588. The topological polar surface area (TPSA) is 66.6 Å². The number of pyridine rings is 1. The number of nitrogens with one attached hydrogen (secondary N) is 2. The molecule has 0 saturated heterocycles. The van der Waals surface area contributed by atoms with Crippen molar-refractivity contribution in [1.29, 1.82) is 0 Å². The third-order valence-electron chi connectivity index (χ3n) is 5.07. The minimum absolute atomic E-state index is 0.444. The maximum Gasteiger partial charge on any atom is 0.191 e. The molecule has 3 rings (SSSR count). The highest BCUT2D eigenvalue weighted by Crippen LogP contribution is 2.40. The van der Waals surface area contributed by atoms with Crippen molar-refractivity contribution in [2.24, 2.45) is 10.4 Å². The maximum absolute atomic E-state index is 4.33. The van der Waals surface area contributed by atoms with Crippen molar-refractivity contribution in [2.75, 3.05) is 13.6 Å². The van der Waals surface area contributed by atoms with E-state index in [0.717, 1.165) is 24.0 Å². The summed E-state index contributed by atoms with van der Waals surface area (Å²) in [6.07, 6.45) is 8.56. The Bertz CT molecular complexity index is 669. The van der Waals surface area contributed by atoms with Crippen LogP contribution in [0.2, 0.25) is 0 Å². The Balaban J connectivity index is 1.58. The van der Waals surface area contributed by atoms with Gasteiger partial charge in [0.15, 0.2) is 17.4 Å². The van der Waals surface area contributed by atoms with Crippen molar-refractivity contribution in [1.82, 2.24) is 25.2 Å². The van der Waals surface area contributed by atoms with E-state index in [1.807, 2.05) is 35.8 Å². The van der Waals surface area contributed by atoms with E-state index in [9.17, 15) is 0 Å². The van der Waals surface area contributed by atoms with Crippen molar-refractivity contribution < 1.29 is 0 Å². The van der Waals surface area contributed by atoms with Crippen LogP contribution in [-0.4, -0.2) is 34.2 Å². The van der Waals surface area contributed by atoms with Crippen molar-refractivity contribution in [3.8, 4) is 0 Å². The van der Waals surface area contributed by atoms with E-state index in [-0.39, 0.29) is 0 Å². The predicted molar refractivity (Wildman–Crippen MR) is 92.4 cm³/mol. The summed E-state index contributed by atoms with van der Waals surface area (Å²) >= 11 is 0. The predicted octanol–water partition coefficient (Wildman–Crippen LogP) is 2.36. The first-order valence-corrected chi connectivity index (χ1v) is 8.49. The van der Waals surface area contributed by atoms with Gasteiger partial charge in [0.1, 0.15) is 0 Å². The lowest BCUT2D eigenvalue weighted by Gasteiger charge is -2.28. The average molecular weight is 314 g/mol. The smallest absolute Gasteiger partial charge is 0.191 e. The highest BCUT2D eigenvalue weighted by molar-refractivity contribution is 5.79. The fourth-order valence-electron chi connectivity index (χ4n) is 3.45. The molecule has 0 radical (unpaired) electrons. The van der Waals surface area contributed by atoms with Gasteiger partial charge in [0.25, 0.3) is 0 Å². The minimum Gasteiger partial charge on any atom is -0.356 e. The summed E-state index contributed by atoms with van der Waals surface area (Å²) in [6.45, 7) is 3.89. The van der Waals surface area contributed by atoms with Gasteiger partial charge in [-0.3, -0.25) is 9.39 Å². The van der Waals surface area contributed by atoms with E-state index in [1.165, 1.54) is 32.1 Å². The molecular formula is C17H26N6. The molecule has 0 amide bonds. The first-order chi connectivity index (χ1) is 11.3. The number of hydrogen-bond donors (Lipinski definition) is 2. The second kappa shape index (κ2) is 6.98. The molecule has 0 atom stereocenters. The Morgan fingerprint density at radius 2 is 2.09 bits per heavy atom. The standard InChI is InChI=1S/C17H26N6/c1-3-17(9-5-6-10-17)13-20-16(18-2)19-12-15-22-21-14-8-4-7-11-23(14)15/h4,7-8,11H,3,5-6,9-10,12-13H2,1-2H3,(H2,18,19,20). The van der Waals surface area contributed by atoms with Gasteiger partial charge in [-0.2, -0.15) is 0 Å². The molecule has 6 heteroatoms. The van der Waals surface area contributed by atoms with Crippen LogP contribution in [0, 0.1) is 5.41 Å². The van der Waals surface area contributed by atoms with Gasteiger partial charge >= 0.3 is 0 Å². The van der Waals surface area contributed by atoms with Gasteiger partial charge in [0.05, 0.1) is 6.54 Å². The zero-order valence-electron chi connectivity index (χ0n) is 14.0. The monoisotopic (exact) mass is 314 g/mol. The lowest BCUT2D eigenvalue weighted by molar-refractivity contribution is 0.283. The second-order valence-corrected chi connectivity index (χ2v) is 6.39. The summed E-state index contributed by atoms with van der Waals surface area (Å²) in [5.74, 6) is 1.71. The largest absolute Gasteiger partial charge is 0.356 e. The molecule has 1 saturated carbocycles. The van der Waals surface area contributed by atoms with Crippen LogP contribution in [0.25, 0.3) is 5.65 Å². The molecule has 124 valence electrons. The Kier molecular flexibility index (Phi) is 4.79. The van der Waals surface area contributed by atoms with Crippen molar-refractivity contribution in [3.63, 3.8) is 0 Å². The van der Waals surface area contributed by atoms with Crippen molar-refractivity contribution >= 4 is 11.6 Å². The molecule has 0 spiro atoms. The highest BCUT2D eigenvalue weighted by Gasteiger charge is 2.31. The first kappa shape index (κ1) is 15.8. The third-order valence-corrected chi connectivity index (χ3v) is 5.07. The van der Waals surface area contributed by atoms with Gasteiger partial charge in [0.2, 0.25) is 0 Å². The van der Waals surface area contributed by atoms with E-state index in [2.05, 4.69) is 32.7 Å². The molecule has 0 bridgehead atoms. The zero-order valence-corrected chi connectivity index (χ0v) is 14.0. The molecule has 1 fully saturated rings. The number of rotatable bonds is 5. The third kappa shape index (κ3) is 3.46. The molecule has 6 nitrogen and oxygen atoms in total. The summed E-state index contributed by atoms with van der Waals surface area (Å²) in [5, 5.41) is 15.2. The Morgan fingerprint density at radius 3 is 2.83 bits per heavy atom. The molecular weight excluding hydrogens is 288 g/mol. The number of guanidine groups is 1. The summed E-state index contributed by atoms with van der Waals surface area (Å²) in [4.78, 5) is 4.33. The van der Waals surface area contributed by atoms with E-state index in [4.69, 9.17) is 0 Å². The SMILES string of the molecule is CCC1(CNC(=NC)NCc2nnc3ccccn23)CCCC1. The van der Waals surface area contributed by atoms with Crippen LogP contribution in [0.4, 0.5) is 0 Å². The summed E-state index contributed by atoms with van der Waals surface area (Å²) in [7, 11) is 1.81. The van der Waals surface area contributed by atoms with E-state index >= 15 is 0 Å². The molecule has 2 N–H and O–H groups in total. The summed E-state index contributed by atoms with van der Waals surface area (Å²) in [5.41, 5.74) is 1.31. The maximum atomic E-state index is 4.33. The van der Waals surface area contributed by atoms with Crippen LogP contribution in [0.5, 0.6) is 0 Å². The average Bonchev–Trinajstić information content (AvgIpc) is 3.23. The Morgan fingerprint density at radius 1 is 1.26 bits per heavy atom. The fourth-order valence-corrected chi connectivity index (χ4v) is 3.45. The van der Waals surface area contributed by atoms with Gasteiger partial charge < -0.3 is 10.6 Å². The molecule has 1 aliphatic carbocycles. The van der Waals surface area contributed by atoms with Crippen LogP contribution >= 0.6 is 0 Å². The number of nitrogens with zero attached hydrogens (tertiary/aromatic N) is 4. The second-order valence-electron chi connectivity index (χ2n) is 6.39. The van der Waals surface area contributed by atoms with Crippen LogP contribution in [-0.2, 0) is 6.54 Å². The van der Waals surface area contributed by atoms with Gasteiger partial charge in [-0.15, -0.1) is 10.2 Å². The normalized spacial score (nSPS) is 17.6. The van der Waals surface area contributed by atoms with Gasteiger partial charge in [-0.25, -0.2) is 0 Å². The van der Waals surface area contributed by atoms with Crippen LogP contribution < -0.4 is 10.6 Å². The van der Waals surface area contributed by atoms with Crippen molar-refractivity contribution in [3.05, 3.63) is 30.2 Å². The summed E-state index contributed by atoms with van der Waals surface area (Å²) < 4.78 is 1.99. The van der Waals surface area contributed by atoms with E-state index in [1.54, 1.807) is 0 Å². The molecule has 2 aromatic heterocycles. The van der Waals surface area contributed by atoms with Crippen LogP contribution in [0.3, 0.4) is 0 Å². The molecule has 2 aromatic rings. The number of fused-ring (bicyclic) bond motifs is 1. The molecule has 0 aromatic carbocycles. The van der Waals surface area contributed by atoms with Crippen molar-refractivity contribution in [2.45, 2.75) is 45.6 Å². The number of hydrogen-bond acceptors (Lipinski definition) is 3. The van der Waals surface area contributed by atoms with Gasteiger partial charge in [-0.1, -0.05) is 25.8 Å². The lowest BCUT2D eigenvalue weighted by Crippen LogP contribution is -2.42. The Labute approximate surface area is 137 Å². The minimum atomic E-state index is 0.444. The molecule has 0 aliphatic heterocycles. The number of aliphatic imine (C=N–C) groups is 1. The molecule has 1 aliphatic rings. The molecule has 23 heavy (non-hydrogen) atoms. The highest BCUT2D eigenvalue weighted by atomic mass is 15.3. The quantitative estimate of drug-likeness (QED) is 0.657. The van der Waals surface area contributed by atoms with E-state index in [0.29, 0.717) is 12.0 Å². The summed E-state index contributed by atoms with van der Waals surface area (Å²) in [6, 6.07) is 5.90. The first-order valence-electron chi connectivity index (χ1n) is 8.49. The molecule has 0 unspecified atom stereocenters. The van der Waals surface area contributed by atoms with Gasteiger partial charge in [-0.05, 0) is 36.8 Å². The van der Waals surface area contributed by atoms with Crippen LogP contribution in [0.15, 0.2) is 29.4 Å². The van der Waals surface area contributed by atoms with Crippen LogP contribution in [0.1, 0.15) is 44.9 Å². The molecule has 2 heterocycles. The number of aromatic nitrogens is 3. The Hall–Kier alpha value is -2.11. The van der Waals surface area contributed by atoms with Gasteiger partial charge in [0, 0.05) is 19.8 Å². The van der Waals surface area contributed by atoms with E-state index < -0.39 is 0 Å². The zero-order chi connectivity index (χ0) is 16.1. The lowest BCUT2D eigenvalue weighted by atomic mass is 9.83.